The average Bonchev–Trinajstić information content (AvgIpc) is 2.53. The van der Waals surface area contributed by atoms with E-state index < -0.39 is 9.84 Å². The molecule has 5 nitrogen and oxygen atoms in total. The van der Waals surface area contributed by atoms with Crippen LogP contribution in [0.4, 0.5) is 4.79 Å². The monoisotopic (exact) mass is 372 g/mol. The zero-order valence-corrected chi connectivity index (χ0v) is 15.7. The lowest BCUT2D eigenvalue weighted by Crippen LogP contribution is -2.47. The number of carbonyl (C=O) groups excluding carboxylic acids is 1. The van der Waals surface area contributed by atoms with Gasteiger partial charge in [0.05, 0.1) is 11.0 Å². The molecular weight excluding hydrogens is 348 g/mol. The second-order valence-electron chi connectivity index (χ2n) is 6.69. The second-order valence-corrected chi connectivity index (χ2v) is 9.46. The fraction of sp³-hybridized carbons (Fsp3) is 0.588. The Morgan fingerprint density at radius 2 is 1.83 bits per heavy atom. The van der Waals surface area contributed by atoms with Crippen LogP contribution in [0.15, 0.2) is 24.3 Å². The van der Waals surface area contributed by atoms with Gasteiger partial charge in [0.15, 0.2) is 9.84 Å². The van der Waals surface area contributed by atoms with Gasteiger partial charge in [-0.1, -0.05) is 37.6 Å². The van der Waals surface area contributed by atoms with Crippen LogP contribution >= 0.6 is 11.6 Å². The van der Waals surface area contributed by atoms with Crippen LogP contribution in [0, 0.1) is 5.92 Å². The molecule has 2 amide bonds. The van der Waals surface area contributed by atoms with Crippen LogP contribution in [0.1, 0.15) is 32.3 Å². The SMILES string of the molecule is CC(C)CS(=O)(=O)C1CCN(C(=O)NCc2ccc(Cl)cc2)CC1. The number of rotatable bonds is 5. The summed E-state index contributed by atoms with van der Waals surface area (Å²) in [6.45, 7) is 5.22. The van der Waals surface area contributed by atoms with Crippen LogP contribution < -0.4 is 5.32 Å². The Balaban J connectivity index is 1.81. The van der Waals surface area contributed by atoms with Gasteiger partial charge in [0.25, 0.3) is 0 Å². The van der Waals surface area contributed by atoms with Crippen molar-refractivity contribution in [2.45, 2.75) is 38.5 Å². The molecule has 0 bridgehead atoms. The highest BCUT2D eigenvalue weighted by Crippen LogP contribution is 2.20. The molecule has 0 radical (unpaired) electrons. The lowest BCUT2D eigenvalue weighted by molar-refractivity contribution is 0.186. The number of carbonyl (C=O) groups is 1. The number of halogens is 1. The molecule has 2 rings (SSSR count). The number of amides is 2. The van der Waals surface area contributed by atoms with E-state index in [1.807, 2.05) is 26.0 Å². The summed E-state index contributed by atoms with van der Waals surface area (Å²) < 4.78 is 24.6. The van der Waals surface area contributed by atoms with Crippen molar-refractivity contribution in [3.63, 3.8) is 0 Å². The standard InChI is InChI=1S/C17H25ClN2O3S/c1-13(2)12-24(22,23)16-7-9-20(10-8-16)17(21)19-11-14-3-5-15(18)6-4-14/h3-6,13,16H,7-12H2,1-2H3,(H,19,21). The van der Waals surface area contributed by atoms with E-state index in [4.69, 9.17) is 11.6 Å². The molecule has 0 saturated carbocycles. The van der Waals surface area contributed by atoms with Gasteiger partial charge in [-0.25, -0.2) is 13.2 Å². The van der Waals surface area contributed by atoms with Crippen LogP contribution in [-0.2, 0) is 16.4 Å². The Morgan fingerprint density at radius 1 is 1.25 bits per heavy atom. The van der Waals surface area contributed by atoms with Crippen molar-refractivity contribution in [2.24, 2.45) is 5.92 Å². The van der Waals surface area contributed by atoms with Gasteiger partial charge < -0.3 is 10.2 Å². The quantitative estimate of drug-likeness (QED) is 0.863. The third kappa shape index (κ3) is 5.38. The van der Waals surface area contributed by atoms with Gasteiger partial charge in [-0.2, -0.15) is 0 Å². The summed E-state index contributed by atoms with van der Waals surface area (Å²) in [6.07, 6.45) is 1.03. The summed E-state index contributed by atoms with van der Waals surface area (Å²) in [7, 11) is -3.06. The van der Waals surface area contributed by atoms with E-state index in [1.54, 1.807) is 17.0 Å². The normalized spacial score (nSPS) is 16.4. The first kappa shape index (κ1) is 19.1. The highest BCUT2D eigenvalue weighted by atomic mass is 35.5. The summed E-state index contributed by atoms with van der Waals surface area (Å²) >= 11 is 5.83. The summed E-state index contributed by atoms with van der Waals surface area (Å²) in [6, 6.07) is 7.16. The number of nitrogens with one attached hydrogen (secondary N) is 1. The van der Waals surface area contributed by atoms with Crippen LogP contribution in [-0.4, -0.2) is 43.4 Å². The minimum absolute atomic E-state index is 0.135. The molecule has 0 unspecified atom stereocenters. The second kappa shape index (κ2) is 8.21. The number of piperidine rings is 1. The van der Waals surface area contributed by atoms with E-state index >= 15 is 0 Å². The molecule has 1 saturated heterocycles. The van der Waals surface area contributed by atoms with Crippen molar-refractivity contribution in [3.05, 3.63) is 34.9 Å². The molecular formula is C17H25ClN2O3S. The topological polar surface area (TPSA) is 66.5 Å². The molecule has 0 aromatic heterocycles. The molecule has 0 spiro atoms. The van der Waals surface area contributed by atoms with Gasteiger partial charge in [-0.3, -0.25) is 0 Å². The van der Waals surface area contributed by atoms with Crippen LogP contribution in [0.25, 0.3) is 0 Å². The van der Waals surface area contributed by atoms with Crippen LogP contribution in [0.5, 0.6) is 0 Å². The highest BCUT2D eigenvalue weighted by molar-refractivity contribution is 7.92. The number of hydrogen-bond acceptors (Lipinski definition) is 3. The van der Waals surface area contributed by atoms with E-state index in [0.29, 0.717) is 37.5 Å². The maximum absolute atomic E-state index is 12.3. The molecule has 1 N–H and O–H groups in total. The molecule has 1 aliphatic heterocycles. The maximum atomic E-state index is 12.3. The number of urea groups is 1. The van der Waals surface area contributed by atoms with E-state index in [9.17, 15) is 13.2 Å². The largest absolute Gasteiger partial charge is 0.334 e. The first-order chi connectivity index (χ1) is 11.3. The predicted molar refractivity (Wildman–Crippen MR) is 96.9 cm³/mol. The number of likely N-dealkylation sites (tertiary alicyclic amines) is 1. The van der Waals surface area contributed by atoms with Gasteiger partial charge in [-0.05, 0) is 36.5 Å². The summed E-state index contributed by atoms with van der Waals surface area (Å²) in [5.74, 6) is 0.358. The molecule has 1 aromatic rings. The lowest BCUT2D eigenvalue weighted by Gasteiger charge is -2.32. The minimum atomic E-state index is -3.06. The number of nitrogens with zero attached hydrogens (tertiary/aromatic N) is 1. The predicted octanol–water partition coefficient (Wildman–Crippen LogP) is 3.08. The zero-order chi connectivity index (χ0) is 17.7. The molecule has 1 aromatic carbocycles. The van der Waals surface area contributed by atoms with Gasteiger partial charge in [0.2, 0.25) is 0 Å². The molecule has 1 aliphatic rings. The van der Waals surface area contributed by atoms with Crippen LogP contribution in [0.3, 0.4) is 0 Å². The van der Waals surface area contributed by atoms with Gasteiger partial charge in [-0.15, -0.1) is 0 Å². The third-order valence-electron chi connectivity index (χ3n) is 4.16. The Bertz CT molecular complexity index is 651. The van der Waals surface area contributed by atoms with Crippen molar-refractivity contribution in [2.75, 3.05) is 18.8 Å². The fourth-order valence-corrected chi connectivity index (χ4v) is 5.17. The highest BCUT2D eigenvalue weighted by Gasteiger charge is 2.31. The van der Waals surface area contributed by atoms with E-state index in [0.717, 1.165) is 5.56 Å². The van der Waals surface area contributed by atoms with E-state index in [-0.39, 0.29) is 23.0 Å². The zero-order valence-electron chi connectivity index (χ0n) is 14.2. The Kier molecular flexibility index (Phi) is 6.52. The summed E-state index contributed by atoms with van der Waals surface area (Å²) in [5.41, 5.74) is 0.974. The number of benzene rings is 1. The Labute approximate surface area is 149 Å². The minimum Gasteiger partial charge on any atom is -0.334 e. The van der Waals surface area contributed by atoms with Crippen molar-refractivity contribution in [1.82, 2.24) is 10.2 Å². The molecule has 1 heterocycles. The Morgan fingerprint density at radius 3 is 2.38 bits per heavy atom. The molecule has 24 heavy (non-hydrogen) atoms. The number of sulfone groups is 1. The van der Waals surface area contributed by atoms with E-state index in [1.165, 1.54) is 0 Å². The summed E-state index contributed by atoms with van der Waals surface area (Å²) in [4.78, 5) is 13.9. The first-order valence-corrected chi connectivity index (χ1v) is 10.4. The van der Waals surface area contributed by atoms with Crippen molar-refractivity contribution in [3.8, 4) is 0 Å². The van der Waals surface area contributed by atoms with Crippen molar-refractivity contribution >= 4 is 27.5 Å². The first-order valence-electron chi connectivity index (χ1n) is 8.26. The third-order valence-corrected chi connectivity index (χ3v) is 7.03. The maximum Gasteiger partial charge on any atom is 0.317 e. The van der Waals surface area contributed by atoms with Gasteiger partial charge in [0.1, 0.15) is 0 Å². The smallest absolute Gasteiger partial charge is 0.317 e. The van der Waals surface area contributed by atoms with E-state index in [2.05, 4.69) is 5.32 Å². The molecule has 1 fully saturated rings. The molecule has 134 valence electrons. The average molecular weight is 373 g/mol. The van der Waals surface area contributed by atoms with Gasteiger partial charge in [0, 0.05) is 24.7 Å². The van der Waals surface area contributed by atoms with Gasteiger partial charge >= 0.3 is 6.03 Å². The van der Waals surface area contributed by atoms with Crippen molar-refractivity contribution in [1.29, 1.82) is 0 Å². The van der Waals surface area contributed by atoms with Crippen molar-refractivity contribution < 1.29 is 13.2 Å². The summed E-state index contributed by atoms with van der Waals surface area (Å²) in [5, 5.41) is 3.21. The van der Waals surface area contributed by atoms with Crippen LogP contribution in [0.2, 0.25) is 5.02 Å². The molecule has 0 atom stereocenters. The number of hydrogen-bond donors (Lipinski definition) is 1. The molecule has 7 heteroatoms. The molecule has 0 aliphatic carbocycles. The Hall–Kier alpha value is -1.27. The fourth-order valence-electron chi connectivity index (χ4n) is 2.91. The lowest BCUT2D eigenvalue weighted by atomic mass is 10.1.